The first-order valence-electron chi connectivity index (χ1n) is 10.0. The van der Waals surface area contributed by atoms with Crippen LogP contribution in [0.5, 0.6) is 5.75 Å². The number of halogens is 3. The number of carbonyl (C=O) groups is 2. The molecule has 0 heterocycles. The molecule has 0 unspecified atom stereocenters. The van der Waals surface area contributed by atoms with Crippen molar-refractivity contribution in [3.05, 3.63) is 89.7 Å². The van der Waals surface area contributed by atoms with Gasteiger partial charge in [-0.05, 0) is 49.0 Å². The molecule has 6 nitrogen and oxygen atoms in total. The molecule has 0 aliphatic carbocycles. The Balaban J connectivity index is 1.44. The fourth-order valence-corrected chi connectivity index (χ4v) is 2.93. The van der Waals surface area contributed by atoms with Gasteiger partial charge in [-0.1, -0.05) is 30.3 Å². The maximum Gasteiger partial charge on any atom is 0.238 e. The van der Waals surface area contributed by atoms with Gasteiger partial charge in [-0.25, -0.2) is 13.2 Å². The van der Waals surface area contributed by atoms with E-state index in [1.165, 1.54) is 11.9 Å². The van der Waals surface area contributed by atoms with Crippen molar-refractivity contribution >= 4 is 23.2 Å². The number of hydrogen-bond acceptors (Lipinski definition) is 4. The number of hydrogen-bond donors (Lipinski definition) is 2. The Morgan fingerprint density at radius 3 is 2.12 bits per heavy atom. The summed E-state index contributed by atoms with van der Waals surface area (Å²) >= 11 is 0. The summed E-state index contributed by atoms with van der Waals surface area (Å²) < 4.78 is 45.6. The normalized spacial score (nSPS) is 10.7. The maximum absolute atomic E-state index is 13.7. The van der Waals surface area contributed by atoms with E-state index in [1.807, 2.05) is 30.3 Å². The fraction of sp³-hybridized carbons (Fsp3) is 0.167. The van der Waals surface area contributed by atoms with Crippen LogP contribution in [0.2, 0.25) is 0 Å². The summed E-state index contributed by atoms with van der Waals surface area (Å²) in [6, 6.07) is 18.2. The molecule has 0 bridgehead atoms. The van der Waals surface area contributed by atoms with Gasteiger partial charge in [-0.3, -0.25) is 14.5 Å². The molecule has 3 rings (SSSR count). The molecular weight excluding hydrogens is 435 g/mol. The second-order valence-corrected chi connectivity index (χ2v) is 7.29. The molecule has 0 aliphatic heterocycles. The van der Waals surface area contributed by atoms with Crippen molar-refractivity contribution in [1.29, 1.82) is 0 Å². The van der Waals surface area contributed by atoms with Gasteiger partial charge in [0.25, 0.3) is 0 Å². The lowest BCUT2D eigenvalue weighted by Gasteiger charge is -2.16. The number of benzene rings is 3. The Kier molecular flexibility index (Phi) is 8.04. The van der Waals surface area contributed by atoms with Crippen LogP contribution in [0.3, 0.4) is 0 Å². The number of amides is 2. The van der Waals surface area contributed by atoms with Gasteiger partial charge < -0.3 is 15.4 Å². The molecule has 2 amide bonds. The number of carbonyl (C=O) groups excluding carboxylic acids is 2. The summed E-state index contributed by atoms with van der Waals surface area (Å²) in [4.78, 5) is 25.6. The standard InChI is InChI=1S/C24H22F3N3O3/c1-30(14-22(32)29-20-12-11-19(25)23(26)24(20)27)13-21(31)28-17-7-9-18(10-8-17)33-15-16-5-3-2-4-6-16/h2-12H,13-15H2,1H3,(H,28,31)(H,29,32). The Morgan fingerprint density at radius 2 is 1.45 bits per heavy atom. The molecule has 0 aromatic heterocycles. The predicted molar refractivity (Wildman–Crippen MR) is 118 cm³/mol. The zero-order valence-electron chi connectivity index (χ0n) is 17.8. The number of rotatable bonds is 9. The van der Waals surface area contributed by atoms with Crippen molar-refractivity contribution in [2.45, 2.75) is 6.61 Å². The van der Waals surface area contributed by atoms with Crippen molar-refractivity contribution < 1.29 is 27.5 Å². The number of anilines is 2. The summed E-state index contributed by atoms with van der Waals surface area (Å²) in [5, 5.41) is 4.85. The van der Waals surface area contributed by atoms with Crippen LogP contribution < -0.4 is 15.4 Å². The number of ether oxygens (including phenoxy) is 1. The molecular formula is C24H22F3N3O3. The van der Waals surface area contributed by atoms with Crippen LogP contribution in [0.15, 0.2) is 66.7 Å². The Bertz CT molecular complexity index is 1110. The van der Waals surface area contributed by atoms with Gasteiger partial charge in [0.2, 0.25) is 11.8 Å². The first kappa shape index (κ1) is 23.8. The SMILES string of the molecule is CN(CC(=O)Nc1ccc(OCc2ccccc2)cc1)CC(=O)Nc1ccc(F)c(F)c1F. The highest BCUT2D eigenvalue weighted by Gasteiger charge is 2.17. The minimum atomic E-state index is -1.67. The number of nitrogens with zero attached hydrogens (tertiary/aromatic N) is 1. The lowest BCUT2D eigenvalue weighted by atomic mass is 10.2. The third-order valence-corrected chi connectivity index (χ3v) is 4.52. The first-order chi connectivity index (χ1) is 15.8. The number of likely N-dealkylation sites (N-methyl/N-ethyl adjacent to an activating group) is 1. The van der Waals surface area contributed by atoms with E-state index in [0.717, 1.165) is 11.6 Å². The molecule has 9 heteroatoms. The van der Waals surface area contributed by atoms with Crippen molar-refractivity contribution in [2.75, 3.05) is 30.8 Å². The average molecular weight is 457 g/mol. The molecule has 0 atom stereocenters. The Labute approximate surface area is 189 Å². The average Bonchev–Trinajstić information content (AvgIpc) is 2.79. The molecule has 0 radical (unpaired) electrons. The van der Waals surface area contributed by atoms with Gasteiger partial charge in [0.15, 0.2) is 17.5 Å². The Morgan fingerprint density at radius 1 is 0.818 bits per heavy atom. The molecule has 2 N–H and O–H groups in total. The van der Waals surface area contributed by atoms with Crippen LogP contribution >= 0.6 is 0 Å². The van der Waals surface area contributed by atoms with Crippen LogP contribution in [0.4, 0.5) is 24.5 Å². The van der Waals surface area contributed by atoms with Crippen molar-refractivity contribution in [3.8, 4) is 5.75 Å². The second-order valence-electron chi connectivity index (χ2n) is 7.29. The molecule has 0 spiro atoms. The highest BCUT2D eigenvalue weighted by atomic mass is 19.2. The predicted octanol–water partition coefficient (Wildman–Crippen LogP) is 4.19. The number of nitrogens with one attached hydrogen (secondary N) is 2. The van der Waals surface area contributed by atoms with Gasteiger partial charge in [0, 0.05) is 5.69 Å². The van der Waals surface area contributed by atoms with E-state index >= 15 is 0 Å². The van der Waals surface area contributed by atoms with Crippen molar-refractivity contribution in [2.24, 2.45) is 0 Å². The minimum absolute atomic E-state index is 0.125. The lowest BCUT2D eigenvalue weighted by Crippen LogP contribution is -2.36. The van der Waals surface area contributed by atoms with E-state index in [2.05, 4.69) is 10.6 Å². The maximum atomic E-state index is 13.7. The van der Waals surface area contributed by atoms with E-state index < -0.39 is 29.0 Å². The first-order valence-corrected chi connectivity index (χ1v) is 10.0. The molecule has 0 saturated heterocycles. The third-order valence-electron chi connectivity index (χ3n) is 4.52. The summed E-state index contributed by atoms with van der Waals surface area (Å²) in [6.07, 6.45) is 0. The second kappa shape index (κ2) is 11.1. The highest BCUT2D eigenvalue weighted by Crippen LogP contribution is 2.20. The molecule has 3 aromatic carbocycles. The lowest BCUT2D eigenvalue weighted by molar-refractivity contribution is -0.119. The third kappa shape index (κ3) is 7.08. The minimum Gasteiger partial charge on any atom is -0.489 e. The van der Waals surface area contributed by atoms with Gasteiger partial charge in [-0.15, -0.1) is 0 Å². The van der Waals surface area contributed by atoms with Crippen LogP contribution in [-0.2, 0) is 16.2 Å². The van der Waals surface area contributed by atoms with E-state index in [9.17, 15) is 22.8 Å². The van der Waals surface area contributed by atoms with E-state index in [1.54, 1.807) is 24.3 Å². The monoisotopic (exact) mass is 457 g/mol. The van der Waals surface area contributed by atoms with Crippen LogP contribution in [0.25, 0.3) is 0 Å². The largest absolute Gasteiger partial charge is 0.489 e. The summed E-state index contributed by atoms with van der Waals surface area (Å²) in [5.74, 6) is -4.92. The molecule has 0 aliphatic rings. The summed E-state index contributed by atoms with van der Waals surface area (Å²) in [7, 11) is 1.52. The van der Waals surface area contributed by atoms with Crippen LogP contribution in [-0.4, -0.2) is 36.9 Å². The smallest absolute Gasteiger partial charge is 0.238 e. The highest BCUT2D eigenvalue weighted by molar-refractivity contribution is 5.94. The zero-order chi connectivity index (χ0) is 23.8. The van der Waals surface area contributed by atoms with E-state index in [4.69, 9.17) is 4.74 Å². The van der Waals surface area contributed by atoms with Gasteiger partial charge in [0.1, 0.15) is 12.4 Å². The van der Waals surface area contributed by atoms with Crippen LogP contribution in [0.1, 0.15) is 5.56 Å². The topological polar surface area (TPSA) is 70.7 Å². The molecule has 0 saturated carbocycles. The van der Waals surface area contributed by atoms with E-state index in [0.29, 0.717) is 24.1 Å². The molecule has 0 fully saturated rings. The zero-order valence-corrected chi connectivity index (χ0v) is 17.8. The fourth-order valence-electron chi connectivity index (χ4n) is 2.93. The van der Waals surface area contributed by atoms with E-state index in [-0.39, 0.29) is 19.0 Å². The van der Waals surface area contributed by atoms with Gasteiger partial charge in [0.05, 0.1) is 18.8 Å². The Hall–Kier alpha value is -3.85. The van der Waals surface area contributed by atoms with Crippen LogP contribution in [0, 0.1) is 17.5 Å². The van der Waals surface area contributed by atoms with Crippen molar-refractivity contribution in [1.82, 2.24) is 4.90 Å². The van der Waals surface area contributed by atoms with Gasteiger partial charge in [-0.2, -0.15) is 0 Å². The summed E-state index contributed by atoms with van der Waals surface area (Å²) in [5.41, 5.74) is 1.11. The quantitative estimate of drug-likeness (QED) is 0.473. The molecule has 172 valence electrons. The molecule has 33 heavy (non-hydrogen) atoms. The van der Waals surface area contributed by atoms with Crippen molar-refractivity contribution in [3.63, 3.8) is 0 Å². The summed E-state index contributed by atoms with van der Waals surface area (Å²) in [6.45, 7) is 0.0337. The molecule has 3 aromatic rings. The van der Waals surface area contributed by atoms with Gasteiger partial charge >= 0.3 is 0 Å².